The first-order valence-corrected chi connectivity index (χ1v) is 27.5. The van der Waals surface area contributed by atoms with Crippen molar-refractivity contribution >= 4 is 22.1 Å². The predicted molar refractivity (Wildman–Crippen MR) is 256 cm³/mol. The van der Waals surface area contributed by atoms with E-state index in [0.29, 0.717) is 19.3 Å². The first-order chi connectivity index (χ1) is 31.0. The molecule has 0 aromatic heterocycles. The second-order valence-corrected chi connectivity index (χ2v) is 19.7. The van der Waals surface area contributed by atoms with Gasteiger partial charge in [0.25, 0.3) is 10.1 Å². The molecular weight excluding hydrogens is 837 g/mol. The van der Waals surface area contributed by atoms with Gasteiger partial charge in [0.15, 0.2) is 12.4 Å². The number of aliphatic hydroxyl groups excluding tert-OH is 3. The molecule has 1 aliphatic rings. The Morgan fingerprint density at radius 2 is 0.922 bits per heavy atom. The van der Waals surface area contributed by atoms with Crippen molar-refractivity contribution in [3.8, 4) is 0 Å². The van der Waals surface area contributed by atoms with Gasteiger partial charge in [-0.3, -0.25) is 14.1 Å². The van der Waals surface area contributed by atoms with Crippen molar-refractivity contribution in [2.24, 2.45) is 0 Å². The summed E-state index contributed by atoms with van der Waals surface area (Å²) in [6.45, 7) is 3.76. The number of hydrogen-bond donors (Lipinski definition) is 4. The summed E-state index contributed by atoms with van der Waals surface area (Å²) in [5.74, 6) is -2.03. The van der Waals surface area contributed by atoms with Crippen molar-refractivity contribution in [1.29, 1.82) is 0 Å². The van der Waals surface area contributed by atoms with Gasteiger partial charge in [-0.25, -0.2) is 0 Å². The molecule has 2 unspecified atom stereocenters. The molecule has 13 heteroatoms. The van der Waals surface area contributed by atoms with Gasteiger partial charge < -0.3 is 34.3 Å². The van der Waals surface area contributed by atoms with Crippen LogP contribution in [-0.2, 0) is 38.7 Å². The molecule has 4 N–H and O–H groups in total. The zero-order chi connectivity index (χ0) is 46.9. The van der Waals surface area contributed by atoms with Gasteiger partial charge in [-0.15, -0.1) is 0 Å². The Hall–Kier alpha value is -1.87. The van der Waals surface area contributed by atoms with Crippen LogP contribution >= 0.6 is 0 Å². The average molecular weight is 931 g/mol. The minimum absolute atomic E-state index is 0.108. The standard InChI is InChI=1S/C51H94O12S/c1-3-5-7-9-11-13-15-17-18-19-20-21-22-23-24-25-26-28-30-32-34-36-38-40-47(53)62-44(42-61-51-50(56)49(55)48(54)45(63-51)43-64(57,58)59)41-60-46(52)39-37-35-33-31-29-27-16-14-12-10-8-6-4-2/h25-26,32,34,44-45,48-51,54-56H,3-24,27-31,33,35-43H2,1-2H3,(H,57,58,59)/b26-25+,34-32+/t44-,45-,48-,49?,50?,51+/m1/s1. The first-order valence-electron chi connectivity index (χ1n) is 25.9. The van der Waals surface area contributed by atoms with Gasteiger partial charge >= 0.3 is 11.9 Å². The monoisotopic (exact) mass is 931 g/mol. The van der Waals surface area contributed by atoms with Crippen LogP contribution in [0.2, 0.25) is 0 Å². The largest absolute Gasteiger partial charge is 0.462 e. The van der Waals surface area contributed by atoms with Gasteiger partial charge in [-0.1, -0.05) is 199 Å². The Labute approximate surface area is 389 Å². The molecule has 0 aliphatic carbocycles. The maximum Gasteiger partial charge on any atom is 0.306 e. The summed E-state index contributed by atoms with van der Waals surface area (Å²) in [6, 6.07) is 0. The fourth-order valence-electron chi connectivity index (χ4n) is 7.99. The van der Waals surface area contributed by atoms with E-state index in [4.69, 9.17) is 18.9 Å². The Balaban J connectivity index is 2.37. The summed E-state index contributed by atoms with van der Waals surface area (Å²) in [4.78, 5) is 25.5. The third kappa shape index (κ3) is 35.3. The second-order valence-electron chi connectivity index (χ2n) is 18.2. The summed E-state index contributed by atoms with van der Waals surface area (Å²) in [6.07, 6.45) is 38.1. The lowest BCUT2D eigenvalue weighted by Gasteiger charge is -2.40. The summed E-state index contributed by atoms with van der Waals surface area (Å²) < 4.78 is 54.1. The van der Waals surface area contributed by atoms with Crippen LogP contribution in [0.4, 0.5) is 0 Å². The van der Waals surface area contributed by atoms with E-state index in [1.165, 1.54) is 148 Å². The normalized spacial score (nSPS) is 19.8. The van der Waals surface area contributed by atoms with Crippen LogP contribution in [0.15, 0.2) is 24.3 Å². The number of aliphatic hydroxyl groups is 3. The molecule has 12 nitrogen and oxygen atoms in total. The van der Waals surface area contributed by atoms with Crippen LogP contribution in [0.25, 0.3) is 0 Å². The topological polar surface area (TPSA) is 186 Å². The zero-order valence-electron chi connectivity index (χ0n) is 40.4. The lowest BCUT2D eigenvalue weighted by molar-refractivity contribution is -0.297. The third-order valence-electron chi connectivity index (χ3n) is 12.0. The Morgan fingerprint density at radius 1 is 0.516 bits per heavy atom. The van der Waals surface area contributed by atoms with Gasteiger partial charge in [-0.05, 0) is 44.9 Å². The molecule has 1 heterocycles. The number of carbonyl (C=O) groups is 2. The molecule has 0 bridgehead atoms. The van der Waals surface area contributed by atoms with Crippen molar-refractivity contribution in [2.75, 3.05) is 19.0 Å². The van der Waals surface area contributed by atoms with E-state index in [0.717, 1.165) is 38.5 Å². The molecule has 0 aromatic rings. The molecule has 376 valence electrons. The summed E-state index contributed by atoms with van der Waals surface area (Å²) >= 11 is 0. The highest BCUT2D eigenvalue weighted by molar-refractivity contribution is 7.85. The van der Waals surface area contributed by atoms with E-state index >= 15 is 0 Å². The van der Waals surface area contributed by atoms with E-state index in [1.807, 2.05) is 0 Å². The molecule has 1 saturated heterocycles. The molecule has 6 atom stereocenters. The van der Waals surface area contributed by atoms with Crippen molar-refractivity contribution < 1.29 is 56.8 Å². The van der Waals surface area contributed by atoms with E-state index in [1.54, 1.807) is 0 Å². The zero-order valence-corrected chi connectivity index (χ0v) is 41.2. The quantitative estimate of drug-likeness (QED) is 0.0196. The Kier molecular flexibility index (Phi) is 38.8. The summed E-state index contributed by atoms with van der Waals surface area (Å²) in [5, 5.41) is 30.9. The molecule has 0 saturated carbocycles. The molecule has 1 fully saturated rings. The van der Waals surface area contributed by atoms with Crippen LogP contribution in [0, 0.1) is 0 Å². The fourth-order valence-corrected chi connectivity index (χ4v) is 8.68. The minimum atomic E-state index is -4.61. The smallest absolute Gasteiger partial charge is 0.306 e. The number of esters is 2. The molecule has 0 radical (unpaired) electrons. The van der Waals surface area contributed by atoms with Crippen LogP contribution in [-0.4, -0.2) is 96.0 Å². The van der Waals surface area contributed by atoms with Crippen molar-refractivity contribution in [3.63, 3.8) is 0 Å². The SMILES string of the molecule is CCCCCCCCCCCCCCCC/C=C/CC/C=C/CCCC(=O)O[C@H](COC(=O)CCCCCCCCCCCCCCC)CO[C@H]1O[C@H](CS(=O)(=O)O)[C@@H](O)C(O)C1O. The molecule has 0 aromatic carbocycles. The molecule has 0 amide bonds. The average Bonchev–Trinajstić information content (AvgIpc) is 3.26. The molecule has 64 heavy (non-hydrogen) atoms. The number of carbonyl (C=O) groups excluding carboxylic acids is 2. The number of hydrogen-bond acceptors (Lipinski definition) is 11. The molecule has 1 rings (SSSR count). The van der Waals surface area contributed by atoms with E-state index in [9.17, 15) is 37.9 Å². The fraction of sp³-hybridized carbons (Fsp3) is 0.882. The minimum Gasteiger partial charge on any atom is -0.462 e. The Morgan fingerprint density at radius 3 is 1.39 bits per heavy atom. The molecular formula is C51H94O12S. The van der Waals surface area contributed by atoms with E-state index in [2.05, 4.69) is 38.2 Å². The Bertz CT molecular complexity index is 1270. The van der Waals surface area contributed by atoms with Crippen molar-refractivity contribution in [3.05, 3.63) is 24.3 Å². The highest BCUT2D eigenvalue weighted by Crippen LogP contribution is 2.24. The van der Waals surface area contributed by atoms with E-state index in [-0.39, 0.29) is 19.4 Å². The predicted octanol–water partition coefficient (Wildman–Crippen LogP) is 11.6. The molecule has 0 spiro atoms. The van der Waals surface area contributed by atoms with Crippen LogP contribution in [0.1, 0.15) is 232 Å². The highest BCUT2D eigenvalue weighted by atomic mass is 32.2. The number of unbranched alkanes of at least 4 members (excludes halogenated alkanes) is 28. The number of ether oxygens (including phenoxy) is 4. The number of rotatable bonds is 44. The third-order valence-corrected chi connectivity index (χ3v) is 12.8. The van der Waals surface area contributed by atoms with Gasteiger partial charge in [0.1, 0.15) is 36.8 Å². The van der Waals surface area contributed by atoms with Crippen LogP contribution in [0.5, 0.6) is 0 Å². The van der Waals surface area contributed by atoms with Crippen LogP contribution < -0.4 is 0 Å². The van der Waals surface area contributed by atoms with Gasteiger partial charge in [0, 0.05) is 12.8 Å². The first kappa shape index (κ1) is 60.1. The second kappa shape index (κ2) is 41.3. The summed E-state index contributed by atoms with van der Waals surface area (Å²) in [7, 11) is -4.61. The van der Waals surface area contributed by atoms with Gasteiger partial charge in [0.05, 0.1) is 6.61 Å². The number of allylic oxidation sites excluding steroid dienone is 4. The maximum atomic E-state index is 12.8. The van der Waals surface area contributed by atoms with Gasteiger partial charge in [-0.2, -0.15) is 8.42 Å². The maximum absolute atomic E-state index is 12.8. The van der Waals surface area contributed by atoms with Crippen molar-refractivity contribution in [2.45, 2.75) is 269 Å². The van der Waals surface area contributed by atoms with Crippen LogP contribution in [0.3, 0.4) is 0 Å². The van der Waals surface area contributed by atoms with E-state index < -0.39 is 71.2 Å². The summed E-state index contributed by atoms with van der Waals surface area (Å²) in [5.41, 5.74) is 0. The highest BCUT2D eigenvalue weighted by Gasteiger charge is 2.46. The van der Waals surface area contributed by atoms with Gasteiger partial charge in [0.2, 0.25) is 0 Å². The van der Waals surface area contributed by atoms with Crippen molar-refractivity contribution in [1.82, 2.24) is 0 Å². The lowest BCUT2D eigenvalue weighted by atomic mass is 10.00. The lowest BCUT2D eigenvalue weighted by Crippen LogP contribution is -2.60. The molecule has 1 aliphatic heterocycles.